The molecule has 5 nitrogen and oxygen atoms in total. The Morgan fingerprint density at radius 2 is 2.25 bits per heavy atom. The zero-order valence-electron chi connectivity index (χ0n) is 6.77. The Morgan fingerprint density at radius 1 is 1.58 bits per heavy atom. The molecule has 0 bridgehead atoms. The largest absolute Gasteiger partial charge is 0.361 e. The first-order chi connectivity index (χ1) is 5.61. The number of nitro groups is 1. The molecule has 0 fully saturated rings. The van der Waals surface area contributed by atoms with E-state index in [0.29, 0.717) is 17.0 Å². The molecule has 1 aromatic heterocycles. The summed E-state index contributed by atoms with van der Waals surface area (Å²) in [7, 11) is 0. The summed E-state index contributed by atoms with van der Waals surface area (Å²) in [5, 5.41) is 13.6. The van der Waals surface area contributed by atoms with E-state index in [2.05, 4.69) is 5.16 Å². The third-order valence-electron chi connectivity index (χ3n) is 1.45. The van der Waals surface area contributed by atoms with Crippen LogP contribution in [0.15, 0.2) is 10.7 Å². The van der Waals surface area contributed by atoms with Gasteiger partial charge in [-0.1, -0.05) is 5.16 Å². The van der Waals surface area contributed by atoms with Crippen LogP contribution >= 0.6 is 0 Å². The average Bonchev–Trinajstić information content (AvgIpc) is 2.28. The van der Waals surface area contributed by atoms with Gasteiger partial charge >= 0.3 is 0 Å². The Labute approximate surface area is 68.8 Å². The van der Waals surface area contributed by atoms with Crippen LogP contribution in [0, 0.1) is 24.0 Å². The zero-order chi connectivity index (χ0) is 9.14. The summed E-state index contributed by atoms with van der Waals surface area (Å²) in [5.41, 5.74) is 1.33. The molecule has 0 aromatic carbocycles. The molecular formula is C7H8N2O3. The van der Waals surface area contributed by atoms with E-state index in [9.17, 15) is 10.1 Å². The van der Waals surface area contributed by atoms with Gasteiger partial charge in [-0.2, -0.15) is 0 Å². The molecule has 0 aliphatic heterocycles. The lowest BCUT2D eigenvalue weighted by Crippen LogP contribution is -1.83. The minimum Gasteiger partial charge on any atom is -0.361 e. The average molecular weight is 168 g/mol. The number of aryl methyl sites for hydroxylation is 2. The first-order valence-electron chi connectivity index (χ1n) is 3.36. The van der Waals surface area contributed by atoms with Crippen molar-refractivity contribution in [3.05, 3.63) is 33.3 Å². The standard InChI is InChI=1S/C7H8N2O3/c1-5-7(3-4-9(10)11)6(2)12-8-5/h3-4H,1-2H3/b4-3+. The monoisotopic (exact) mass is 168 g/mol. The highest BCUT2D eigenvalue weighted by molar-refractivity contribution is 5.51. The topological polar surface area (TPSA) is 69.2 Å². The summed E-state index contributed by atoms with van der Waals surface area (Å²) >= 11 is 0. The second kappa shape index (κ2) is 3.17. The van der Waals surface area contributed by atoms with Crippen LogP contribution in [0.25, 0.3) is 6.08 Å². The third-order valence-corrected chi connectivity index (χ3v) is 1.45. The number of hydrogen-bond acceptors (Lipinski definition) is 4. The smallest absolute Gasteiger partial charge is 0.235 e. The maximum absolute atomic E-state index is 9.98. The Morgan fingerprint density at radius 3 is 2.67 bits per heavy atom. The molecule has 1 aromatic rings. The van der Waals surface area contributed by atoms with E-state index in [1.807, 2.05) is 0 Å². The van der Waals surface area contributed by atoms with Gasteiger partial charge in [0.2, 0.25) is 6.20 Å². The van der Waals surface area contributed by atoms with Crippen molar-refractivity contribution in [3.8, 4) is 0 Å². The third kappa shape index (κ3) is 1.69. The van der Waals surface area contributed by atoms with Crippen LogP contribution in [0.1, 0.15) is 17.0 Å². The Bertz CT molecular complexity index is 308. The molecule has 1 heterocycles. The van der Waals surface area contributed by atoms with Gasteiger partial charge in [0.15, 0.2) is 0 Å². The van der Waals surface area contributed by atoms with E-state index in [0.717, 1.165) is 6.20 Å². The number of rotatable bonds is 2. The molecule has 0 radical (unpaired) electrons. The SMILES string of the molecule is Cc1noc(C)c1/C=C/[N+](=O)[O-]. The molecule has 0 saturated carbocycles. The van der Waals surface area contributed by atoms with E-state index in [1.165, 1.54) is 6.08 Å². The van der Waals surface area contributed by atoms with Gasteiger partial charge in [-0.05, 0) is 13.8 Å². The van der Waals surface area contributed by atoms with Crippen molar-refractivity contribution >= 4 is 6.08 Å². The Hall–Kier alpha value is -1.65. The van der Waals surface area contributed by atoms with Gasteiger partial charge in [0.25, 0.3) is 0 Å². The molecule has 0 unspecified atom stereocenters. The van der Waals surface area contributed by atoms with E-state index in [4.69, 9.17) is 4.52 Å². The van der Waals surface area contributed by atoms with Crippen LogP contribution in [0.2, 0.25) is 0 Å². The van der Waals surface area contributed by atoms with Crippen LogP contribution in [0.4, 0.5) is 0 Å². The summed E-state index contributed by atoms with van der Waals surface area (Å²) < 4.78 is 4.80. The lowest BCUT2D eigenvalue weighted by atomic mass is 10.2. The van der Waals surface area contributed by atoms with Crippen molar-refractivity contribution in [1.29, 1.82) is 0 Å². The van der Waals surface area contributed by atoms with Gasteiger partial charge in [0.1, 0.15) is 5.76 Å². The minimum atomic E-state index is -0.522. The fourth-order valence-electron chi connectivity index (χ4n) is 0.863. The van der Waals surface area contributed by atoms with Crippen molar-refractivity contribution in [1.82, 2.24) is 5.16 Å². The van der Waals surface area contributed by atoms with E-state index >= 15 is 0 Å². The van der Waals surface area contributed by atoms with Crippen LogP contribution in [0.5, 0.6) is 0 Å². The maximum Gasteiger partial charge on any atom is 0.235 e. The summed E-state index contributed by atoms with van der Waals surface area (Å²) in [5.74, 6) is 0.589. The van der Waals surface area contributed by atoms with Gasteiger partial charge in [-0.3, -0.25) is 10.1 Å². The van der Waals surface area contributed by atoms with Gasteiger partial charge in [0, 0.05) is 11.6 Å². The normalized spacial score (nSPS) is 10.8. The second-order valence-electron chi connectivity index (χ2n) is 2.34. The lowest BCUT2D eigenvalue weighted by Gasteiger charge is -1.85. The Kier molecular flexibility index (Phi) is 2.23. The maximum atomic E-state index is 9.98. The molecule has 5 heteroatoms. The molecule has 0 atom stereocenters. The van der Waals surface area contributed by atoms with E-state index in [1.54, 1.807) is 13.8 Å². The highest BCUT2D eigenvalue weighted by Crippen LogP contribution is 2.13. The first-order valence-corrected chi connectivity index (χ1v) is 3.36. The molecule has 0 amide bonds. The van der Waals surface area contributed by atoms with Gasteiger partial charge in [-0.25, -0.2) is 0 Å². The molecule has 1 rings (SSSR count). The van der Waals surface area contributed by atoms with Crippen LogP contribution < -0.4 is 0 Å². The molecular weight excluding hydrogens is 160 g/mol. The van der Waals surface area contributed by atoms with Crippen molar-refractivity contribution < 1.29 is 9.45 Å². The Balaban J connectivity index is 2.95. The molecule has 0 aliphatic rings. The van der Waals surface area contributed by atoms with Crippen molar-refractivity contribution in [3.63, 3.8) is 0 Å². The summed E-state index contributed by atoms with van der Waals surface area (Å²) in [6.45, 7) is 3.44. The van der Waals surface area contributed by atoms with Crippen LogP contribution in [-0.2, 0) is 0 Å². The predicted molar refractivity (Wildman–Crippen MR) is 42.0 cm³/mol. The van der Waals surface area contributed by atoms with Crippen LogP contribution in [0.3, 0.4) is 0 Å². The van der Waals surface area contributed by atoms with Crippen LogP contribution in [-0.4, -0.2) is 10.1 Å². The minimum absolute atomic E-state index is 0.522. The molecule has 0 N–H and O–H groups in total. The fraction of sp³-hybridized carbons (Fsp3) is 0.286. The molecule has 12 heavy (non-hydrogen) atoms. The molecule has 0 aliphatic carbocycles. The van der Waals surface area contributed by atoms with Crippen molar-refractivity contribution in [2.24, 2.45) is 0 Å². The van der Waals surface area contributed by atoms with Crippen molar-refractivity contribution in [2.45, 2.75) is 13.8 Å². The quantitative estimate of drug-likeness (QED) is 0.496. The fourth-order valence-corrected chi connectivity index (χ4v) is 0.863. The van der Waals surface area contributed by atoms with Gasteiger partial charge in [-0.15, -0.1) is 0 Å². The predicted octanol–water partition coefficient (Wildman–Crippen LogP) is 1.54. The first kappa shape index (κ1) is 8.45. The number of nitrogens with zero attached hydrogens (tertiary/aromatic N) is 2. The summed E-state index contributed by atoms with van der Waals surface area (Å²) in [6.07, 6.45) is 2.24. The second-order valence-corrected chi connectivity index (χ2v) is 2.34. The molecule has 64 valence electrons. The molecule has 0 spiro atoms. The number of aromatic nitrogens is 1. The molecule has 0 saturated heterocycles. The summed E-state index contributed by atoms with van der Waals surface area (Å²) in [4.78, 5) is 9.46. The van der Waals surface area contributed by atoms with Crippen molar-refractivity contribution in [2.75, 3.05) is 0 Å². The van der Waals surface area contributed by atoms with Gasteiger partial charge < -0.3 is 4.52 Å². The summed E-state index contributed by atoms with van der Waals surface area (Å²) in [6, 6.07) is 0. The highest BCUT2D eigenvalue weighted by atomic mass is 16.6. The van der Waals surface area contributed by atoms with Gasteiger partial charge in [0.05, 0.1) is 10.6 Å². The highest BCUT2D eigenvalue weighted by Gasteiger charge is 2.05. The van der Waals surface area contributed by atoms with E-state index < -0.39 is 4.92 Å². The number of hydrogen-bond donors (Lipinski definition) is 0. The zero-order valence-corrected chi connectivity index (χ0v) is 6.77. The lowest BCUT2D eigenvalue weighted by molar-refractivity contribution is -0.400. The van der Waals surface area contributed by atoms with E-state index in [-0.39, 0.29) is 0 Å².